The van der Waals surface area contributed by atoms with Gasteiger partial charge in [0.05, 0.1) is 5.22 Å². The van der Waals surface area contributed by atoms with E-state index < -0.39 is 0 Å². The van der Waals surface area contributed by atoms with Gasteiger partial charge in [0.2, 0.25) is 0 Å². The topological polar surface area (TPSA) is 54.4 Å². The SMILES string of the molecule is CC(O)=c1cc2c3ccccc3c(=O)c3cccc(c3-2)c1=O. The van der Waals surface area contributed by atoms with Crippen LogP contribution in [-0.2, 0) is 0 Å². The minimum Gasteiger partial charge on any atom is -0.512 e. The van der Waals surface area contributed by atoms with E-state index in [0.717, 1.165) is 10.9 Å². The number of rotatable bonds is 0. The quantitative estimate of drug-likeness (QED) is 0.400. The Morgan fingerprint density at radius 1 is 0.818 bits per heavy atom. The molecule has 0 unspecified atom stereocenters. The molecule has 22 heavy (non-hydrogen) atoms. The van der Waals surface area contributed by atoms with Gasteiger partial charge in [-0.25, -0.2) is 0 Å². The second-order valence-corrected chi connectivity index (χ2v) is 5.49. The van der Waals surface area contributed by atoms with Gasteiger partial charge in [0.1, 0.15) is 5.76 Å². The molecule has 0 atom stereocenters. The summed E-state index contributed by atoms with van der Waals surface area (Å²) >= 11 is 0. The van der Waals surface area contributed by atoms with Crippen LogP contribution < -0.4 is 16.1 Å². The van der Waals surface area contributed by atoms with Crippen molar-refractivity contribution in [2.75, 3.05) is 0 Å². The summed E-state index contributed by atoms with van der Waals surface area (Å²) in [6, 6.07) is 14.2. The van der Waals surface area contributed by atoms with Crippen LogP contribution in [-0.4, -0.2) is 5.11 Å². The Morgan fingerprint density at radius 3 is 2.09 bits per heavy atom. The van der Waals surface area contributed by atoms with Gasteiger partial charge in [-0.15, -0.1) is 0 Å². The van der Waals surface area contributed by atoms with Crippen LogP contribution in [0.25, 0.3) is 38.4 Å². The molecule has 0 bridgehead atoms. The highest BCUT2D eigenvalue weighted by Crippen LogP contribution is 2.33. The van der Waals surface area contributed by atoms with Crippen molar-refractivity contribution in [3.63, 3.8) is 0 Å². The third-order valence-electron chi connectivity index (χ3n) is 4.21. The van der Waals surface area contributed by atoms with E-state index in [0.29, 0.717) is 21.7 Å². The smallest absolute Gasteiger partial charge is 0.197 e. The molecular formula is C19H12O3. The van der Waals surface area contributed by atoms with E-state index in [2.05, 4.69) is 0 Å². The van der Waals surface area contributed by atoms with Crippen LogP contribution in [0.3, 0.4) is 0 Å². The monoisotopic (exact) mass is 288 g/mol. The maximum Gasteiger partial charge on any atom is 0.197 e. The molecule has 0 radical (unpaired) electrons. The summed E-state index contributed by atoms with van der Waals surface area (Å²) in [4.78, 5) is 25.2. The standard InChI is InChI=1S/C19H12O3/c1-10(20)15-9-16-11-5-2-3-6-12(11)18(21)13-7-4-8-14(17(13)16)19(15)22/h2-9,20H,1H3. The number of aliphatic hydroxyl groups is 1. The molecular weight excluding hydrogens is 276 g/mol. The normalized spacial score (nSPS) is 13.1. The highest BCUT2D eigenvalue weighted by atomic mass is 16.3. The number of hydrogen-bond donors (Lipinski definition) is 1. The van der Waals surface area contributed by atoms with Crippen molar-refractivity contribution >= 4 is 27.3 Å². The molecule has 0 amide bonds. The number of fused-ring (bicyclic) bond motifs is 2. The zero-order valence-corrected chi connectivity index (χ0v) is 11.9. The Bertz CT molecular complexity index is 1170. The third-order valence-corrected chi connectivity index (χ3v) is 4.21. The Hall–Kier alpha value is -2.94. The van der Waals surface area contributed by atoms with E-state index in [1.165, 1.54) is 6.92 Å². The number of benzene rings is 4. The third kappa shape index (κ3) is 1.51. The fraction of sp³-hybridized carbons (Fsp3) is 0.0526. The van der Waals surface area contributed by atoms with E-state index in [9.17, 15) is 14.7 Å². The van der Waals surface area contributed by atoms with E-state index in [4.69, 9.17) is 0 Å². The van der Waals surface area contributed by atoms with Crippen molar-refractivity contribution in [3.8, 4) is 11.1 Å². The van der Waals surface area contributed by atoms with Crippen LogP contribution in [0.2, 0.25) is 0 Å². The molecule has 1 N–H and O–H groups in total. The lowest BCUT2D eigenvalue weighted by atomic mass is 9.88. The second kappa shape index (κ2) is 4.28. The first-order valence-corrected chi connectivity index (χ1v) is 7.03. The van der Waals surface area contributed by atoms with Crippen LogP contribution >= 0.6 is 0 Å². The van der Waals surface area contributed by atoms with Gasteiger partial charge >= 0.3 is 0 Å². The molecule has 0 aliphatic heterocycles. The summed E-state index contributed by atoms with van der Waals surface area (Å²) < 4.78 is 0. The molecule has 3 heteroatoms. The Labute approximate surface area is 125 Å². The van der Waals surface area contributed by atoms with Gasteiger partial charge in [-0.1, -0.05) is 42.5 Å². The summed E-state index contributed by atoms with van der Waals surface area (Å²) in [5.74, 6) is -0.0112. The van der Waals surface area contributed by atoms with E-state index in [-0.39, 0.29) is 21.8 Å². The first kappa shape index (κ1) is 12.8. The van der Waals surface area contributed by atoms with Gasteiger partial charge in [0.15, 0.2) is 10.9 Å². The zero-order chi connectivity index (χ0) is 15.4. The van der Waals surface area contributed by atoms with E-state index in [1.54, 1.807) is 30.3 Å². The van der Waals surface area contributed by atoms with E-state index >= 15 is 0 Å². The summed E-state index contributed by atoms with van der Waals surface area (Å²) in [7, 11) is 0. The number of hydrogen-bond acceptors (Lipinski definition) is 3. The van der Waals surface area contributed by atoms with Gasteiger partial charge in [-0.3, -0.25) is 9.59 Å². The average Bonchev–Trinajstić information content (AvgIpc) is 2.53. The number of aliphatic hydroxyl groups excluding tert-OH is 1. The van der Waals surface area contributed by atoms with Crippen LogP contribution in [0.4, 0.5) is 0 Å². The molecule has 0 saturated carbocycles. The van der Waals surface area contributed by atoms with Gasteiger partial charge in [-0.2, -0.15) is 0 Å². The molecule has 0 fully saturated rings. The Kier molecular flexibility index (Phi) is 2.48. The Balaban J connectivity index is 2.51. The molecule has 2 aliphatic rings. The molecule has 0 aromatic heterocycles. The largest absolute Gasteiger partial charge is 0.512 e. The predicted octanol–water partition coefficient (Wildman–Crippen LogP) is 2.66. The first-order chi connectivity index (χ1) is 10.6. The Morgan fingerprint density at radius 2 is 1.41 bits per heavy atom. The molecule has 3 nitrogen and oxygen atoms in total. The molecule has 0 heterocycles. The van der Waals surface area contributed by atoms with E-state index in [1.807, 2.05) is 18.2 Å². The van der Waals surface area contributed by atoms with Crippen LogP contribution in [0.1, 0.15) is 6.92 Å². The summed E-state index contributed by atoms with van der Waals surface area (Å²) in [6.45, 7) is 1.50. The van der Waals surface area contributed by atoms with Crippen LogP contribution in [0.5, 0.6) is 0 Å². The first-order valence-electron chi connectivity index (χ1n) is 7.03. The molecule has 106 valence electrons. The van der Waals surface area contributed by atoms with Gasteiger partial charge in [0, 0.05) is 21.7 Å². The summed E-state index contributed by atoms with van der Waals surface area (Å²) in [5, 5.41) is 12.6. The second-order valence-electron chi connectivity index (χ2n) is 5.49. The van der Waals surface area contributed by atoms with Crippen molar-refractivity contribution in [2.45, 2.75) is 6.92 Å². The molecule has 2 aliphatic carbocycles. The highest BCUT2D eigenvalue weighted by molar-refractivity contribution is 6.11. The fourth-order valence-electron chi connectivity index (χ4n) is 3.19. The van der Waals surface area contributed by atoms with Crippen molar-refractivity contribution in [3.05, 3.63) is 74.2 Å². The van der Waals surface area contributed by atoms with Crippen LogP contribution in [0, 0.1) is 0 Å². The molecule has 0 spiro atoms. The van der Waals surface area contributed by atoms with Crippen molar-refractivity contribution in [1.29, 1.82) is 0 Å². The molecule has 2 aromatic rings. The lowest BCUT2D eigenvalue weighted by Gasteiger charge is -2.14. The average molecular weight is 288 g/mol. The lowest BCUT2D eigenvalue weighted by molar-refractivity contribution is 0.498. The predicted molar refractivity (Wildman–Crippen MR) is 88.7 cm³/mol. The lowest BCUT2D eigenvalue weighted by Crippen LogP contribution is -2.28. The summed E-state index contributed by atoms with van der Waals surface area (Å²) in [5.41, 5.74) is 1.20. The van der Waals surface area contributed by atoms with Crippen LogP contribution in [0.15, 0.2) is 58.1 Å². The van der Waals surface area contributed by atoms with Crippen molar-refractivity contribution in [2.24, 2.45) is 0 Å². The molecule has 2 aromatic carbocycles. The van der Waals surface area contributed by atoms with Crippen molar-refractivity contribution < 1.29 is 5.11 Å². The fourth-order valence-corrected chi connectivity index (χ4v) is 3.19. The maximum atomic E-state index is 12.7. The van der Waals surface area contributed by atoms with Gasteiger partial charge in [0.25, 0.3) is 0 Å². The molecule has 0 saturated heterocycles. The maximum absolute atomic E-state index is 12.7. The van der Waals surface area contributed by atoms with Gasteiger partial charge in [-0.05, 0) is 23.9 Å². The zero-order valence-electron chi connectivity index (χ0n) is 11.9. The minimum atomic E-state index is -0.243. The summed E-state index contributed by atoms with van der Waals surface area (Å²) in [6.07, 6.45) is 0. The minimum absolute atomic E-state index is 0.0112. The van der Waals surface area contributed by atoms with Crippen molar-refractivity contribution in [1.82, 2.24) is 0 Å². The highest BCUT2D eigenvalue weighted by Gasteiger charge is 2.19. The van der Waals surface area contributed by atoms with Gasteiger partial charge < -0.3 is 5.11 Å². The molecule has 4 rings (SSSR count).